The molecule has 0 aliphatic heterocycles. The van der Waals surface area contributed by atoms with Gasteiger partial charge >= 0.3 is 5.97 Å². The first-order valence-corrected chi connectivity index (χ1v) is 11.4. The maximum atomic E-state index is 13.1. The van der Waals surface area contributed by atoms with Crippen molar-refractivity contribution in [3.8, 4) is 5.75 Å². The van der Waals surface area contributed by atoms with Gasteiger partial charge in [0.15, 0.2) is 17.1 Å². The number of methoxy groups -OCH3 is 1. The van der Waals surface area contributed by atoms with Gasteiger partial charge in [-0.1, -0.05) is 11.8 Å². The predicted molar refractivity (Wildman–Crippen MR) is 121 cm³/mol. The summed E-state index contributed by atoms with van der Waals surface area (Å²) in [5.41, 5.74) is 1.17. The molecule has 1 atom stereocenters. The van der Waals surface area contributed by atoms with Gasteiger partial charge in [-0.3, -0.25) is 4.79 Å². The van der Waals surface area contributed by atoms with E-state index in [4.69, 9.17) is 9.47 Å². The number of carbonyl (C=O) groups excluding carboxylic acids is 2. The molecule has 1 N–H and O–H groups in total. The van der Waals surface area contributed by atoms with Crippen molar-refractivity contribution < 1.29 is 23.5 Å². The van der Waals surface area contributed by atoms with Crippen molar-refractivity contribution in [3.05, 3.63) is 51.9 Å². The van der Waals surface area contributed by atoms with E-state index in [1.54, 1.807) is 23.7 Å². The Kier molecular flexibility index (Phi) is 7.52. The van der Waals surface area contributed by atoms with Crippen molar-refractivity contribution in [1.82, 2.24) is 14.8 Å². The molecule has 2 aromatic heterocycles. The van der Waals surface area contributed by atoms with E-state index in [0.717, 1.165) is 10.4 Å². The monoisotopic (exact) mass is 478 g/mol. The van der Waals surface area contributed by atoms with Crippen LogP contribution in [0.4, 0.5) is 9.39 Å². The zero-order chi connectivity index (χ0) is 23.4. The number of nitrogens with one attached hydrogen (secondary N) is 1. The summed E-state index contributed by atoms with van der Waals surface area (Å²) in [5.74, 6) is 0.0558. The maximum Gasteiger partial charge on any atom is 0.341 e. The minimum absolute atomic E-state index is 0.0791. The highest BCUT2D eigenvalue weighted by Crippen LogP contribution is 2.33. The quantitative estimate of drug-likeness (QED) is 0.381. The number of nitrogens with zero attached hydrogens (tertiary/aromatic N) is 3. The zero-order valence-corrected chi connectivity index (χ0v) is 19.9. The van der Waals surface area contributed by atoms with Crippen LogP contribution in [0.5, 0.6) is 5.75 Å². The average Bonchev–Trinajstić information content (AvgIpc) is 3.26. The summed E-state index contributed by atoms with van der Waals surface area (Å²) in [6.07, 6.45) is -0.430. The molecule has 1 amide bonds. The molecule has 0 saturated carbocycles. The van der Waals surface area contributed by atoms with E-state index in [-0.39, 0.29) is 17.5 Å². The molecule has 0 bridgehead atoms. The van der Waals surface area contributed by atoms with E-state index >= 15 is 0 Å². The fourth-order valence-corrected chi connectivity index (χ4v) is 4.71. The molecule has 3 rings (SSSR count). The fraction of sp³-hybridized carbons (Fsp3) is 0.333. The summed E-state index contributed by atoms with van der Waals surface area (Å²) in [6, 6.07) is 5.72. The average molecular weight is 479 g/mol. The molecule has 0 aliphatic carbocycles. The lowest BCUT2D eigenvalue weighted by Gasteiger charge is -2.14. The van der Waals surface area contributed by atoms with E-state index < -0.39 is 12.1 Å². The summed E-state index contributed by atoms with van der Waals surface area (Å²) in [5, 5.41) is 12.1. The Hall–Kier alpha value is -2.92. The lowest BCUT2D eigenvalue weighted by molar-refractivity contribution is -0.113. The van der Waals surface area contributed by atoms with Crippen molar-refractivity contribution in [1.29, 1.82) is 0 Å². The van der Waals surface area contributed by atoms with Gasteiger partial charge in [-0.05, 0) is 50.6 Å². The van der Waals surface area contributed by atoms with Gasteiger partial charge in [0.1, 0.15) is 16.6 Å². The van der Waals surface area contributed by atoms with E-state index in [2.05, 4.69) is 15.5 Å². The summed E-state index contributed by atoms with van der Waals surface area (Å²) in [6.45, 7) is 5.51. The van der Waals surface area contributed by atoms with Crippen LogP contribution in [0.25, 0.3) is 0 Å². The maximum absolute atomic E-state index is 13.1. The standard InChI is InChI=1S/C21H23FN4O4S2/c1-11-13(3)32-19(17(11)20(28)29-5)23-16(27)10-31-21-25-24-18(26(21)4)12(2)30-15-8-6-14(22)7-9-15/h6-9,12H,10H2,1-5H3,(H,23,27). The number of ether oxygens (including phenoxy) is 2. The molecule has 32 heavy (non-hydrogen) atoms. The van der Waals surface area contributed by atoms with Crippen LogP contribution in [0, 0.1) is 19.7 Å². The number of hydrogen-bond acceptors (Lipinski definition) is 8. The van der Waals surface area contributed by atoms with Gasteiger partial charge in [-0.15, -0.1) is 21.5 Å². The van der Waals surface area contributed by atoms with Crippen molar-refractivity contribution in [2.24, 2.45) is 7.05 Å². The Bertz CT molecular complexity index is 1130. The van der Waals surface area contributed by atoms with Crippen LogP contribution >= 0.6 is 23.1 Å². The smallest absolute Gasteiger partial charge is 0.341 e. The van der Waals surface area contributed by atoms with Gasteiger partial charge in [0.25, 0.3) is 0 Å². The van der Waals surface area contributed by atoms with E-state index in [9.17, 15) is 14.0 Å². The Balaban J connectivity index is 1.63. The third-order valence-electron chi connectivity index (χ3n) is 4.72. The molecule has 8 nitrogen and oxygen atoms in total. The number of carbonyl (C=O) groups is 2. The highest BCUT2D eigenvalue weighted by atomic mass is 32.2. The van der Waals surface area contributed by atoms with Crippen LogP contribution < -0.4 is 10.1 Å². The largest absolute Gasteiger partial charge is 0.483 e. The van der Waals surface area contributed by atoms with Crippen LogP contribution in [0.3, 0.4) is 0 Å². The summed E-state index contributed by atoms with van der Waals surface area (Å²) >= 11 is 2.54. The lowest BCUT2D eigenvalue weighted by Crippen LogP contribution is -2.16. The van der Waals surface area contributed by atoms with E-state index in [1.165, 1.54) is 42.3 Å². The number of benzene rings is 1. The van der Waals surface area contributed by atoms with Gasteiger partial charge in [0, 0.05) is 11.9 Å². The molecular formula is C21H23FN4O4S2. The molecule has 0 spiro atoms. The summed E-state index contributed by atoms with van der Waals surface area (Å²) < 4.78 is 25.4. The number of esters is 1. The van der Waals surface area contributed by atoms with Crippen molar-refractivity contribution >= 4 is 40.0 Å². The number of aromatic nitrogens is 3. The first-order valence-electron chi connectivity index (χ1n) is 9.63. The molecule has 0 radical (unpaired) electrons. The van der Waals surface area contributed by atoms with Crippen LogP contribution in [0.2, 0.25) is 0 Å². The van der Waals surface area contributed by atoms with Crippen LogP contribution in [-0.4, -0.2) is 39.5 Å². The van der Waals surface area contributed by atoms with Gasteiger partial charge in [-0.25, -0.2) is 9.18 Å². The minimum atomic E-state index is -0.483. The normalized spacial score (nSPS) is 11.8. The van der Waals surface area contributed by atoms with E-state index in [0.29, 0.717) is 27.3 Å². The van der Waals surface area contributed by atoms with Crippen molar-refractivity contribution in [3.63, 3.8) is 0 Å². The third kappa shape index (κ3) is 5.28. The number of amides is 1. The SMILES string of the molecule is COC(=O)c1c(NC(=O)CSc2nnc(C(C)Oc3ccc(F)cc3)n2C)sc(C)c1C. The summed E-state index contributed by atoms with van der Waals surface area (Å²) in [4.78, 5) is 25.5. The fourth-order valence-electron chi connectivity index (χ4n) is 2.93. The number of aryl methyl sites for hydroxylation is 1. The van der Waals surface area contributed by atoms with Crippen LogP contribution in [-0.2, 0) is 16.6 Å². The first kappa shape index (κ1) is 23.7. The number of hydrogen-bond donors (Lipinski definition) is 1. The van der Waals surface area contributed by atoms with Gasteiger partial charge in [0.2, 0.25) is 5.91 Å². The second-order valence-electron chi connectivity index (χ2n) is 6.93. The van der Waals surface area contributed by atoms with Crippen molar-refractivity contribution in [2.45, 2.75) is 32.0 Å². The Morgan fingerprint density at radius 1 is 1.25 bits per heavy atom. The Morgan fingerprint density at radius 3 is 2.59 bits per heavy atom. The molecule has 0 fully saturated rings. The van der Waals surface area contributed by atoms with Crippen LogP contribution in [0.1, 0.15) is 39.7 Å². The highest BCUT2D eigenvalue weighted by Gasteiger charge is 2.22. The van der Waals surface area contributed by atoms with Crippen molar-refractivity contribution in [2.75, 3.05) is 18.2 Å². The number of halogens is 1. The Morgan fingerprint density at radius 2 is 1.94 bits per heavy atom. The zero-order valence-electron chi connectivity index (χ0n) is 18.3. The van der Waals surface area contributed by atoms with Gasteiger partial charge in [0.05, 0.1) is 18.4 Å². The first-order chi connectivity index (χ1) is 15.2. The topological polar surface area (TPSA) is 95.3 Å². The molecular weight excluding hydrogens is 455 g/mol. The molecule has 0 saturated heterocycles. The second kappa shape index (κ2) is 10.1. The second-order valence-corrected chi connectivity index (χ2v) is 9.10. The molecule has 170 valence electrons. The van der Waals surface area contributed by atoms with Crippen LogP contribution in [0.15, 0.2) is 29.4 Å². The molecule has 3 aromatic rings. The highest BCUT2D eigenvalue weighted by molar-refractivity contribution is 7.99. The van der Waals surface area contributed by atoms with Gasteiger partial charge in [-0.2, -0.15) is 0 Å². The number of thioether (sulfide) groups is 1. The molecule has 1 unspecified atom stereocenters. The minimum Gasteiger partial charge on any atom is -0.483 e. The number of anilines is 1. The molecule has 0 aliphatic rings. The number of rotatable bonds is 8. The van der Waals surface area contributed by atoms with E-state index in [1.807, 2.05) is 20.8 Å². The molecule has 11 heteroatoms. The van der Waals surface area contributed by atoms with Gasteiger partial charge < -0.3 is 19.4 Å². The summed E-state index contributed by atoms with van der Waals surface area (Å²) in [7, 11) is 3.09. The Labute approximate surface area is 193 Å². The number of thiophene rings is 1. The predicted octanol–water partition coefficient (Wildman–Crippen LogP) is 4.29. The lowest BCUT2D eigenvalue weighted by atomic mass is 10.1. The molecule has 1 aromatic carbocycles. The molecule has 2 heterocycles. The third-order valence-corrected chi connectivity index (χ3v) is 6.86.